The van der Waals surface area contributed by atoms with Gasteiger partial charge in [0.2, 0.25) is 0 Å². The fourth-order valence-corrected chi connectivity index (χ4v) is 1.37. The number of rotatable bonds is 3. The van der Waals surface area contributed by atoms with Gasteiger partial charge in [0, 0.05) is 0 Å². The zero-order valence-corrected chi connectivity index (χ0v) is 7.87. The van der Waals surface area contributed by atoms with Crippen molar-refractivity contribution in [3.63, 3.8) is 0 Å². The third-order valence-corrected chi connectivity index (χ3v) is 2.11. The molecule has 0 fully saturated rings. The Kier molecular flexibility index (Phi) is 2.35. The Labute approximate surface area is 79.3 Å². The smallest absolute Gasteiger partial charge is 0.284 e. The number of thioether (sulfide) groups is 1. The molecule has 0 saturated carbocycles. The van der Waals surface area contributed by atoms with Crippen molar-refractivity contribution >= 4 is 11.8 Å². The lowest BCUT2D eigenvalue weighted by Gasteiger charge is -1.86. The molecule has 5 heteroatoms. The summed E-state index contributed by atoms with van der Waals surface area (Å²) in [6.07, 6.45) is 1.58. The van der Waals surface area contributed by atoms with Crippen molar-refractivity contribution in [3.05, 3.63) is 18.4 Å². The molecule has 0 aromatic carbocycles. The zero-order chi connectivity index (χ0) is 9.10. The first kappa shape index (κ1) is 8.37. The highest BCUT2D eigenvalue weighted by molar-refractivity contribution is 7.99. The summed E-state index contributed by atoms with van der Waals surface area (Å²) in [4.78, 5) is 0. The van der Waals surface area contributed by atoms with Crippen LogP contribution in [0.1, 0.15) is 6.92 Å². The summed E-state index contributed by atoms with van der Waals surface area (Å²) in [5.74, 6) is 1.95. The van der Waals surface area contributed by atoms with Gasteiger partial charge in [-0.05, 0) is 17.9 Å². The minimum atomic E-state index is 0.431. The van der Waals surface area contributed by atoms with Crippen LogP contribution < -0.4 is 0 Å². The van der Waals surface area contributed by atoms with Crippen molar-refractivity contribution in [3.8, 4) is 11.7 Å². The van der Waals surface area contributed by atoms with E-state index in [1.807, 2.05) is 6.92 Å². The summed E-state index contributed by atoms with van der Waals surface area (Å²) in [7, 11) is 0. The predicted octanol–water partition coefficient (Wildman–Crippen LogP) is 2.44. The molecule has 0 aliphatic carbocycles. The largest absolute Gasteiger partial charge is 0.459 e. The number of furan rings is 1. The summed E-state index contributed by atoms with van der Waals surface area (Å²) in [6, 6.07) is 3.57. The second-order valence-electron chi connectivity index (χ2n) is 2.28. The highest BCUT2D eigenvalue weighted by Gasteiger charge is 2.09. The first-order chi connectivity index (χ1) is 6.40. The van der Waals surface area contributed by atoms with Gasteiger partial charge in [-0.2, -0.15) is 0 Å². The standard InChI is InChI=1S/C8H8N2O2S/c1-2-13-8-10-9-7(12-8)6-4-3-5-11-6/h3-5H,2H2,1H3. The van der Waals surface area contributed by atoms with E-state index in [4.69, 9.17) is 8.83 Å². The fourth-order valence-electron chi connectivity index (χ4n) is 0.891. The van der Waals surface area contributed by atoms with E-state index in [0.29, 0.717) is 16.9 Å². The molecule has 2 aromatic heterocycles. The summed E-state index contributed by atoms with van der Waals surface area (Å²) in [5, 5.41) is 8.27. The Bertz CT molecular complexity index is 369. The molecule has 0 spiro atoms. The third-order valence-electron chi connectivity index (χ3n) is 1.41. The van der Waals surface area contributed by atoms with Crippen LogP contribution in [0.3, 0.4) is 0 Å². The number of hydrogen-bond donors (Lipinski definition) is 0. The van der Waals surface area contributed by atoms with Crippen LogP contribution in [-0.4, -0.2) is 16.0 Å². The Morgan fingerprint density at radius 3 is 3.08 bits per heavy atom. The van der Waals surface area contributed by atoms with Crippen LogP contribution >= 0.6 is 11.8 Å². The topological polar surface area (TPSA) is 52.1 Å². The van der Waals surface area contributed by atoms with Gasteiger partial charge in [-0.1, -0.05) is 18.7 Å². The molecule has 0 unspecified atom stereocenters. The molecule has 0 amide bonds. The summed E-state index contributed by atoms with van der Waals surface area (Å²) in [6.45, 7) is 2.03. The van der Waals surface area contributed by atoms with E-state index >= 15 is 0 Å². The molecule has 0 atom stereocenters. The molecule has 0 bridgehead atoms. The van der Waals surface area contributed by atoms with Crippen LogP contribution in [-0.2, 0) is 0 Å². The van der Waals surface area contributed by atoms with Gasteiger partial charge in [0.15, 0.2) is 5.76 Å². The maximum absolute atomic E-state index is 5.32. The first-order valence-electron chi connectivity index (χ1n) is 3.90. The average molecular weight is 196 g/mol. The van der Waals surface area contributed by atoms with Crippen molar-refractivity contribution in [2.75, 3.05) is 5.75 Å². The Morgan fingerprint density at radius 2 is 2.38 bits per heavy atom. The molecule has 0 saturated heterocycles. The Balaban J connectivity index is 2.23. The Hall–Kier alpha value is -1.23. The SMILES string of the molecule is CCSc1nnc(-c2ccco2)o1. The van der Waals surface area contributed by atoms with Crippen LogP contribution in [0.5, 0.6) is 0 Å². The highest BCUT2D eigenvalue weighted by atomic mass is 32.2. The van der Waals surface area contributed by atoms with Gasteiger partial charge >= 0.3 is 0 Å². The lowest BCUT2D eigenvalue weighted by molar-refractivity contribution is 0.447. The van der Waals surface area contributed by atoms with Gasteiger partial charge in [0.05, 0.1) is 6.26 Å². The molecule has 0 N–H and O–H groups in total. The van der Waals surface area contributed by atoms with Gasteiger partial charge in [-0.15, -0.1) is 10.2 Å². The van der Waals surface area contributed by atoms with Crippen molar-refractivity contribution in [1.82, 2.24) is 10.2 Å². The second-order valence-corrected chi connectivity index (χ2v) is 3.50. The zero-order valence-electron chi connectivity index (χ0n) is 7.06. The minimum Gasteiger partial charge on any atom is -0.459 e. The van der Waals surface area contributed by atoms with E-state index < -0.39 is 0 Å². The maximum Gasteiger partial charge on any atom is 0.284 e. The summed E-state index contributed by atoms with van der Waals surface area (Å²) < 4.78 is 10.4. The van der Waals surface area contributed by atoms with E-state index in [2.05, 4.69) is 10.2 Å². The number of nitrogens with zero attached hydrogens (tertiary/aromatic N) is 2. The molecule has 0 aliphatic rings. The van der Waals surface area contributed by atoms with Crippen molar-refractivity contribution in [2.45, 2.75) is 12.1 Å². The molecular formula is C8H8N2O2S. The molecule has 4 nitrogen and oxygen atoms in total. The monoisotopic (exact) mass is 196 g/mol. The lowest BCUT2D eigenvalue weighted by Crippen LogP contribution is -1.72. The van der Waals surface area contributed by atoms with E-state index in [1.54, 1.807) is 18.4 Å². The third kappa shape index (κ3) is 1.75. The molecule has 2 rings (SSSR count). The molecule has 13 heavy (non-hydrogen) atoms. The highest BCUT2D eigenvalue weighted by Crippen LogP contribution is 2.22. The van der Waals surface area contributed by atoms with Crippen LogP contribution in [0.25, 0.3) is 11.7 Å². The summed E-state index contributed by atoms with van der Waals surface area (Å²) in [5.41, 5.74) is 0. The van der Waals surface area contributed by atoms with Crippen molar-refractivity contribution in [2.24, 2.45) is 0 Å². The van der Waals surface area contributed by atoms with E-state index in [-0.39, 0.29) is 0 Å². The van der Waals surface area contributed by atoms with Gasteiger partial charge in [-0.25, -0.2) is 0 Å². The van der Waals surface area contributed by atoms with Crippen LogP contribution in [0.4, 0.5) is 0 Å². The minimum absolute atomic E-state index is 0.431. The van der Waals surface area contributed by atoms with E-state index in [9.17, 15) is 0 Å². The second kappa shape index (κ2) is 3.66. The van der Waals surface area contributed by atoms with Crippen molar-refractivity contribution in [1.29, 1.82) is 0 Å². The number of aromatic nitrogens is 2. The molecule has 2 heterocycles. The average Bonchev–Trinajstić information content (AvgIpc) is 2.70. The molecule has 68 valence electrons. The van der Waals surface area contributed by atoms with Crippen LogP contribution in [0, 0.1) is 0 Å². The van der Waals surface area contributed by atoms with Crippen LogP contribution in [0.2, 0.25) is 0 Å². The molecular weight excluding hydrogens is 188 g/mol. The van der Waals surface area contributed by atoms with Gasteiger partial charge < -0.3 is 8.83 Å². The van der Waals surface area contributed by atoms with Gasteiger partial charge in [0.25, 0.3) is 11.1 Å². The van der Waals surface area contributed by atoms with Crippen molar-refractivity contribution < 1.29 is 8.83 Å². The Morgan fingerprint density at radius 1 is 1.46 bits per heavy atom. The maximum atomic E-state index is 5.32. The quantitative estimate of drug-likeness (QED) is 0.706. The molecule has 0 radical (unpaired) electrons. The normalized spacial score (nSPS) is 10.5. The van der Waals surface area contributed by atoms with E-state index in [0.717, 1.165) is 5.75 Å². The fraction of sp³-hybridized carbons (Fsp3) is 0.250. The number of hydrogen-bond acceptors (Lipinski definition) is 5. The molecule has 0 aliphatic heterocycles. The van der Waals surface area contributed by atoms with Crippen LogP contribution in [0.15, 0.2) is 32.5 Å². The first-order valence-corrected chi connectivity index (χ1v) is 4.89. The lowest BCUT2D eigenvalue weighted by atomic mass is 10.5. The molecule has 2 aromatic rings. The van der Waals surface area contributed by atoms with Gasteiger partial charge in [0.1, 0.15) is 0 Å². The van der Waals surface area contributed by atoms with Gasteiger partial charge in [-0.3, -0.25) is 0 Å². The summed E-state index contributed by atoms with van der Waals surface area (Å²) >= 11 is 1.51. The van der Waals surface area contributed by atoms with E-state index in [1.165, 1.54) is 11.8 Å². The predicted molar refractivity (Wildman–Crippen MR) is 48.4 cm³/mol.